The maximum absolute atomic E-state index is 12.8. The zero-order chi connectivity index (χ0) is 16.8. The molecule has 0 radical (unpaired) electrons. The number of hydrogen-bond donors (Lipinski definition) is 0. The molecule has 1 aliphatic carbocycles. The summed E-state index contributed by atoms with van der Waals surface area (Å²) < 4.78 is 11.5. The highest BCUT2D eigenvalue weighted by atomic mass is 16.5. The van der Waals surface area contributed by atoms with Crippen molar-refractivity contribution in [3.8, 4) is 5.75 Å². The Morgan fingerprint density at radius 1 is 1.25 bits per heavy atom. The lowest BCUT2D eigenvalue weighted by atomic mass is 10.1. The van der Waals surface area contributed by atoms with Gasteiger partial charge in [0.15, 0.2) is 0 Å². The standard InChI is InChI=1S/C19H28N2O3/c1-20(10-11-21-12-14-23-15-13-21)19(22)17-8-4-5-9-18(17)24-16-6-2-3-7-16/h4-5,8-9,16H,2-3,6-7,10-15H2,1H3. The Balaban J connectivity index is 1.58. The first-order chi connectivity index (χ1) is 11.7. The van der Waals surface area contributed by atoms with Gasteiger partial charge in [0.2, 0.25) is 0 Å². The predicted molar refractivity (Wildman–Crippen MR) is 93.5 cm³/mol. The number of carbonyl (C=O) groups is 1. The molecule has 24 heavy (non-hydrogen) atoms. The summed E-state index contributed by atoms with van der Waals surface area (Å²) in [6.45, 7) is 5.08. The molecule has 2 fully saturated rings. The normalized spacial score (nSPS) is 19.4. The fourth-order valence-electron chi connectivity index (χ4n) is 3.36. The summed E-state index contributed by atoms with van der Waals surface area (Å²) in [4.78, 5) is 17.0. The van der Waals surface area contributed by atoms with Gasteiger partial charge < -0.3 is 14.4 Å². The molecule has 1 amide bonds. The molecule has 0 N–H and O–H groups in total. The van der Waals surface area contributed by atoms with Crippen LogP contribution in [0.2, 0.25) is 0 Å². The smallest absolute Gasteiger partial charge is 0.257 e. The molecule has 1 aliphatic heterocycles. The molecule has 5 heteroatoms. The SMILES string of the molecule is CN(CCN1CCOCC1)C(=O)c1ccccc1OC1CCCC1. The van der Waals surface area contributed by atoms with Crippen LogP contribution in [-0.4, -0.2) is 68.3 Å². The maximum atomic E-state index is 12.8. The number of hydrogen-bond acceptors (Lipinski definition) is 4. The van der Waals surface area contributed by atoms with Crippen LogP contribution in [0.15, 0.2) is 24.3 Å². The average molecular weight is 332 g/mol. The van der Waals surface area contributed by atoms with Crippen molar-refractivity contribution in [1.82, 2.24) is 9.80 Å². The predicted octanol–water partition coefficient (Wildman–Crippen LogP) is 2.41. The highest BCUT2D eigenvalue weighted by Crippen LogP contribution is 2.27. The second-order valence-corrected chi connectivity index (χ2v) is 6.70. The average Bonchev–Trinajstić information content (AvgIpc) is 3.13. The fraction of sp³-hybridized carbons (Fsp3) is 0.632. The van der Waals surface area contributed by atoms with E-state index in [1.165, 1.54) is 12.8 Å². The minimum Gasteiger partial charge on any atom is -0.490 e. The Bertz CT molecular complexity index is 537. The molecule has 1 saturated carbocycles. The molecule has 0 unspecified atom stereocenters. The van der Waals surface area contributed by atoms with Gasteiger partial charge in [0.25, 0.3) is 5.91 Å². The highest BCUT2D eigenvalue weighted by Gasteiger charge is 2.22. The van der Waals surface area contributed by atoms with Crippen LogP contribution in [0, 0.1) is 0 Å². The number of rotatable bonds is 6. The fourth-order valence-corrected chi connectivity index (χ4v) is 3.36. The van der Waals surface area contributed by atoms with Crippen molar-refractivity contribution in [1.29, 1.82) is 0 Å². The zero-order valence-electron chi connectivity index (χ0n) is 14.6. The third-order valence-corrected chi connectivity index (χ3v) is 4.92. The molecule has 132 valence electrons. The van der Waals surface area contributed by atoms with Crippen molar-refractivity contribution in [2.75, 3.05) is 46.4 Å². The van der Waals surface area contributed by atoms with E-state index in [1.807, 2.05) is 31.3 Å². The maximum Gasteiger partial charge on any atom is 0.257 e. The summed E-state index contributed by atoms with van der Waals surface area (Å²) in [5.74, 6) is 0.768. The van der Waals surface area contributed by atoms with Crippen molar-refractivity contribution in [2.24, 2.45) is 0 Å². The Morgan fingerprint density at radius 2 is 1.96 bits per heavy atom. The third kappa shape index (κ3) is 4.48. The lowest BCUT2D eigenvalue weighted by Crippen LogP contribution is -2.42. The van der Waals surface area contributed by atoms with E-state index in [0.29, 0.717) is 5.56 Å². The van der Waals surface area contributed by atoms with Crippen LogP contribution in [0.3, 0.4) is 0 Å². The molecule has 0 bridgehead atoms. The molecular weight excluding hydrogens is 304 g/mol. The van der Waals surface area contributed by atoms with Gasteiger partial charge in [-0.3, -0.25) is 9.69 Å². The van der Waals surface area contributed by atoms with Gasteiger partial charge in [-0.25, -0.2) is 0 Å². The molecule has 2 aliphatic rings. The Kier molecular flexibility index (Phi) is 6.10. The van der Waals surface area contributed by atoms with Crippen molar-refractivity contribution >= 4 is 5.91 Å². The van der Waals surface area contributed by atoms with Gasteiger partial charge in [-0.2, -0.15) is 0 Å². The van der Waals surface area contributed by atoms with Gasteiger partial charge in [-0.05, 0) is 37.8 Å². The van der Waals surface area contributed by atoms with Gasteiger partial charge in [0.05, 0.1) is 24.9 Å². The van der Waals surface area contributed by atoms with E-state index in [2.05, 4.69) is 4.90 Å². The Morgan fingerprint density at radius 3 is 2.71 bits per heavy atom. The van der Waals surface area contributed by atoms with Gasteiger partial charge >= 0.3 is 0 Å². The lowest BCUT2D eigenvalue weighted by molar-refractivity contribution is 0.0338. The van der Waals surface area contributed by atoms with Crippen LogP contribution in [0.1, 0.15) is 36.0 Å². The Labute approximate surface area is 144 Å². The number of nitrogens with zero attached hydrogens (tertiary/aromatic N) is 2. The number of amides is 1. The van der Waals surface area contributed by atoms with Crippen LogP contribution in [0.25, 0.3) is 0 Å². The van der Waals surface area contributed by atoms with E-state index in [1.54, 1.807) is 4.90 Å². The largest absolute Gasteiger partial charge is 0.490 e. The molecule has 1 aromatic carbocycles. The minimum absolute atomic E-state index is 0.0388. The number of ether oxygens (including phenoxy) is 2. The van der Waals surface area contributed by atoms with E-state index in [0.717, 1.165) is 58.0 Å². The van der Waals surface area contributed by atoms with Crippen molar-refractivity contribution in [2.45, 2.75) is 31.8 Å². The minimum atomic E-state index is 0.0388. The van der Waals surface area contributed by atoms with Gasteiger partial charge in [-0.1, -0.05) is 12.1 Å². The van der Waals surface area contributed by atoms with Crippen molar-refractivity contribution in [3.05, 3.63) is 29.8 Å². The van der Waals surface area contributed by atoms with Gasteiger partial charge in [0.1, 0.15) is 5.75 Å². The van der Waals surface area contributed by atoms with Crippen LogP contribution >= 0.6 is 0 Å². The molecule has 0 atom stereocenters. The highest BCUT2D eigenvalue weighted by molar-refractivity contribution is 5.96. The molecular formula is C19H28N2O3. The van der Waals surface area contributed by atoms with E-state index < -0.39 is 0 Å². The van der Waals surface area contributed by atoms with E-state index >= 15 is 0 Å². The first-order valence-corrected chi connectivity index (χ1v) is 9.05. The summed E-state index contributed by atoms with van der Waals surface area (Å²) in [5, 5.41) is 0. The second kappa shape index (κ2) is 8.49. The number of morpholine rings is 1. The topological polar surface area (TPSA) is 42.0 Å². The first-order valence-electron chi connectivity index (χ1n) is 9.05. The van der Waals surface area contributed by atoms with E-state index in [4.69, 9.17) is 9.47 Å². The van der Waals surface area contributed by atoms with Crippen molar-refractivity contribution < 1.29 is 14.3 Å². The summed E-state index contributed by atoms with van der Waals surface area (Å²) in [7, 11) is 1.87. The molecule has 1 aromatic rings. The molecule has 5 nitrogen and oxygen atoms in total. The summed E-state index contributed by atoms with van der Waals surface area (Å²) >= 11 is 0. The van der Waals surface area contributed by atoms with Gasteiger partial charge in [-0.15, -0.1) is 0 Å². The van der Waals surface area contributed by atoms with Gasteiger partial charge in [0, 0.05) is 33.2 Å². The molecule has 0 aromatic heterocycles. The second-order valence-electron chi connectivity index (χ2n) is 6.70. The van der Waals surface area contributed by atoms with E-state index in [9.17, 15) is 4.79 Å². The van der Waals surface area contributed by atoms with Crippen LogP contribution in [-0.2, 0) is 4.74 Å². The summed E-state index contributed by atoms with van der Waals surface area (Å²) in [6.07, 6.45) is 4.89. The number of para-hydroxylation sites is 1. The molecule has 1 heterocycles. The number of likely N-dealkylation sites (N-methyl/N-ethyl adjacent to an activating group) is 1. The molecule has 0 spiro atoms. The van der Waals surface area contributed by atoms with Crippen LogP contribution in [0.4, 0.5) is 0 Å². The molecule has 1 saturated heterocycles. The third-order valence-electron chi connectivity index (χ3n) is 4.92. The first kappa shape index (κ1) is 17.2. The van der Waals surface area contributed by atoms with Crippen LogP contribution < -0.4 is 4.74 Å². The Hall–Kier alpha value is -1.59. The van der Waals surface area contributed by atoms with E-state index in [-0.39, 0.29) is 12.0 Å². The number of benzene rings is 1. The summed E-state index contributed by atoms with van der Waals surface area (Å²) in [6, 6.07) is 7.64. The quantitative estimate of drug-likeness (QED) is 0.802. The summed E-state index contributed by atoms with van der Waals surface area (Å²) in [5.41, 5.74) is 0.675. The van der Waals surface area contributed by atoms with Crippen molar-refractivity contribution in [3.63, 3.8) is 0 Å². The monoisotopic (exact) mass is 332 g/mol. The zero-order valence-corrected chi connectivity index (χ0v) is 14.6. The molecule has 3 rings (SSSR count). The van der Waals surface area contributed by atoms with Crippen LogP contribution in [0.5, 0.6) is 5.75 Å². The number of carbonyl (C=O) groups excluding carboxylic acids is 1. The lowest BCUT2D eigenvalue weighted by Gasteiger charge is -2.29.